The van der Waals surface area contributed by atoms with Gasteiger partial charge in [0.1, 0.15) is 0 Å². The molecule has 0 bridgehead atoms. The third-order valence-corrected chi connectivity index (χ3v) is 2.73. The van der Waals surface area contributed by atoms with Crippen LogP contribution in [0.3, 0.4) is 0 Å². The van der Waals surface area contributed by atoms with Gasteiger partial charge in [0.15, 0.2) is 11.6 Å². The molecule has 0 aliphatic rings. The molecule has 0 aliphatic heterocycles. The van der Waals surface area contributed by atoms with Crippen molar-refractivity contribution in [1.29, 1.82) is 0 Å². The first-order valence-corrected chi connectivity index (χ1v) is 6.24. The second-order valence-corrected chi connectivity index (χ2v) is 4.89. The Bertz CT molecular complexity index is 441. The second-order valence-electron chi connectivity index (χ2n) is 4.89. The molecule has 114 valence electrons. The molecule has 0 fully saturated rings. The fraction of sp³-hybridized carbons (Fsp3) is 0.538. The zero-order chi connectivity index (χ0) is 15.3. The highest BCUT2D eigenvalue weighted by atomic mass is 19.3. The van der Waals surface area contributed by atoms with Crippen LogP contribution in [0.25, 0.3) is 0 Å². The molecular weight excluding hydrogens is 271 g/mol. The van der Waals surface area contributed by atoms with Gasteiger partial charge in [-0.15, -0.1) is 0 Å². The van der Waals surface area contributed by atoms with Crippen molar-refractivity contribution in [2.45, 2.75) is 26.0 Å². The van der Waals surface area contributed by atoms with E-state index < -0.39 is 18.2 Å². The SMILES string of the molecule is CC(CCN(C)C)Nc1cc(OC(F)F)c(F)cc1N. The maximum Gasteiger partial charge on any atom is 0.387 e. The maximum absolute atomic E-state index is 13.4. The summed E-state index contributed by atoms with van der Waals surface area (Å²) in [5.41, 5.74) is 6.21. The number of benzene rings is 1. The van der Waals surface area contributed by atoms with E-state index in [1.165, 1.54) is 0 Å². The van der Waals surface area contributed by atoms with Crippen molar-refractivity contribution < 1.29 is 17.9 Å². The maximum atomic E-state index is 13.4. The average molecular weight is 291 g/mol. The number of nitrogens with one attached hydrogen (secondary N) is 1. The lowest BCUT2D eigenvalue weighted by Crippen LogP contribution is -2.23. The first-order chi connectivity index (χ1) is 9.29. The van der Waals surface area contributed by atoms with Crippen LogP contribution in [0, 0.1) is 5.82 Å². The topological polar surface area (TPSA) is 50.5 Å². The highest BCUT2D eigenvalue weighted by Gasteiger charge is 2.14. The van der Waals surface area contributed by atoms with E-state index in [2.05, 4.69) is 10.1 Å². The van der Waals surface area contributed by atoms with Gasteiger partial charge in [-0.05, 0) is 34.0 Å². The smallest absolute Gasteiger partial charge is 0.387 e. The highest BCUT2D eigenvalue weighted by molar-refractivity contribution is 5.68. The molecule has 0 heterocycles. The Hall–Kier alpha value is -1.63. The van der Waals surface area contributed by atoms with Crippen molar-refractivity contribution in [2.24, 2.45) is 0 Å². The molecule has 4 nitrogen and oxygen atoms in total. The highest BCUT2D eigenvalue weighted by Crippen LogP contribution is 2.29. The number of halogens is 3. The van der Waals surface area contributed by atoms with Crippen LogP contribution in [0.5, 0.6) is 5.75 Å². The van der Waals surface area contributed by atoms with Crippen LogP contribution in [0.2, 0.25) is 0 Å². The van der Waals surface area contributed by atoms with Crippen molar-refractivity contribution in [1.82, 2.24) is 4.90 Å². The first-order valence-electron chi connectivity index (χ1n) is 6.24. The van der Waals surface area contributed by atoms with E-state index in [-0.39, 0.29) is 11.7 Å². The summed E-state index contributed by atoms with van der Waals surface area (Å²) in [6.45, 7) is -0.289. The molecule has 0 spiro atoms. The van der Waals surface area contributed by atoms with Crippen LogP contribution in [0.4, 0.5) is 24.5 Å². The summed E-state index contributed by atoms with van der Waals surface area (Å²) < 4.78 is 41.8. The largest absolute Gasteiger partial charge is 0.432 e. The monoisotopic (exact) mass is 291 g/mol. The molecule has 0 saturated heterocycles. The van der Waals surface area contributed by atoms with Gasteiger partial charge in [0.05, 0.1) is 11.4 Å². The van der Waals surface area contributed by atoms with E-state index in [9.17, 15) is 13.2 Å². The Morgan fingerprint density at radius 2 is 2.00 bits per heavy atom. The van der Waals surface area contributed by atoms with E-state index in [0.717, 1.165) is 25.1 Å². The van der Waals surface area contributed by atoms with Gasteiger partial charge in [-0.3, -0.25) is 0 Å². The van der Waals surface area contributed by atoms with Crippen LogP contribution in [-0.2, 0) is 0 Å². The Labute approximate surface area is 116 Å². The van der Waals surface area contributed by atoms with Crippen molar-refractivity contribution in [3.8, 4) is 5.75 Å². The minimum absolute atomic E-state index is 0.0598. The van der Waals surface area contributed by atoms with Crippen LogP contribution >= 0.6 is 0 Å². The van der Waals surface area contributed by atoms with Crippen LogP contribution in [0.1, 0.15) is 13.3 Å². The Morgan fingerprint density at radius 1 is 1.35 bits per heavy atom. The number of hydrogen-bond donors (Lipinski definition) is 2. The summed E-state index contributed by atoms with van der Waals surface area (Å²) in [5, 5.41) is 3.06. The first kappa shape index (κ1) is 16.4. The van der Waals surface area contributed by atoms with Crippen molar-refractivity contribution in [2.75, 3.05) is 31.7 Å². The fourth-order valence-electron chi connectivity index (χ4n) is 1.67. The Kier molecular flexibility index (Phi) is 5.94. The van der Waals surface area contributed by atoms with Crippen molar-refractivity contribution >= 4 is 11.4 Å². The molecule has 1 rings (SSSR count). The van der Waals surface area contributed by atoms with Gasteiger partial charge >= 0.3 is 6.61 Å². The second kappa shape index (κ2) is 7.23. The normalized spacial score (nSPS) is 12.8. The van der Waals surface area contributed by atoms with Crippen LogP contribution in [-0.4, -0.2) is 38.2 Å². The zero-order valence-corrected chi connectivity index (χ0v) is 11.8. The number of rotatable bonds is 7. The number of ether oxygens (including phenoxy) is 1. The predicted octanol–water partition coefficient (Wildman–Crippen LogP) is 2.76. The molecule has 0 radical (unpaired) electrons. The molecule has 7 heteroatoms. The molecule has 0 aliphatic carbocycles. The summed E-state index contributed by atoms with van der Waals surface area (Å²) >= 11 is 0. The quantitative estimate of drug-likeness (QED) is 0.758. The zero-order valence-electron chi connectivity index (χ0n) is 11.8. The minimum atomic E-state index is -3.08. The molecular formula is C13H20F3N3O. The standard InChI is InChI=1S/C13H20F3N3O/c1-8(4-5-19(2)3)18-11-7-12(20-13(15)16)9(14)6-10(11)17/h6-8,13,18H,4-5,17H2,1-3H3. The molecule has 1 aromatic carbocycles. The summed E-state index contributed by atoms with van der Waals surface area (Å²) in [6.07, 6.45) is 0.828. The van der Waals surface area contributed by atoms with Gasteiger partial charge < -0.3 is 20.7 Å². The third kappa shape index (κ3) is 5.16. The minimum Gasteiger partial charge on any atom is -0.432 e. The molecule has 3 N–H and O–H groups in total. The van der Waals surface area contributed by atoms with E-state index in [0.29, 0.717) is 5.69 Å². The fourth-order valence-corrected chi connectivity index (χ4v) is 1.67. The van der Waals surface area contributed by atoms with E-state index in [1.807, 2.05) is 25.9 Å². The molecule has 1 aromatic rings. The van der Waals surface area contributed by atoms with Crippen LogP contribution < -0.4 is 15.8 Å². The number of nitrogens with two attached hydrogens (primary N) is 1. The molecule has 0 amide bonds. The Morgan fingerprint density at radius 3 is 2.55 bits per heavy atom. The number of hydrogen-bond acceptors (Lipinski definition) is 4. The van der Waals surface area contributed by atoms with Gasteiger partial charge in [0.25, 0.3) is 0 Å². The van der Waals surface area contributed by atoms with E-state index in [1.54, 1.807) is 0 Å². The summed E-state index contributed by atoms with van der Waals surface area (Å²) in [4.78, 5) is 2.03. The molecule has 0 aromatic heterocycles. The predicted molar refractivity (Wildman–Crippen MR) is 73.7 cm³/mol. The summed E-state index contributed by atoms with van der Waals surface area (Å²) in [5.74, 6) is -1.43. The summed E-state index contributed by atoms with van der Waals surface area (Å²) in [6, 6.07) is 2.19. The van der Waals surface area contributed by atoms with Crippen molar-refractivity contribution in [3.05, 3.63) is 17.9 Å². The lowest BCUT2D eigenvalue weighted by atomic mass is 10.2. The van der Waals surface area contributed by atoms with E-state index in [4.69, 9.17) is 5.73 Å². The van der Waals surface area contributed by atoms with Crippen molar-refractivity contribution in [3.63, 3.8) is 0 Å². The van der Waals surface area contributed by atoms with Crippen LogP contribution in [0.15, 0.2) is 12.1 Å². The van der Waals surface area contributed by atoms with Gasteiger partial charge in [-0.2, -0.15) is 8.78 Å². The molecule has 20 heavy (non-hydrogen) atoms. The van der Waals surface area contributed by atoms with Gasteiger partial charge in [-0.25, -0.2) is 4.39 Å². The third-order valence-electron chi connectivity index (χ3n) is 2.73. The Balaban J connectivity index is 2.78. The number of nitrogen functional groups attached to an aromatic ring is 1. The lowest BCUT2D eigenvalue weighted by molar-refractivity contribution is -0.0521. The number of anilines is 2. The average Bonchev–Trinajstić information content (AvgIpc) is 2.32. The number of nitrogens with zero attached hydrogens (tertiary/aromatic N) is 1. The summed E-state index contributed by atoms with van der Waals surface area (Å²) in [7, 11) is 3.90. The lowest BCUT2D eigenvalue weighted by Gasteiger charge is -2.19. The van der Waals surface area contributed by atoms with Gasteiger partial charge in [0, 0.05) is 18.2 Å². The van der Waals surface area contributed by atoms with Gasteiger partial charge in [-0.1, -0.05) is 0 Å². The molecule has 0 saturated carbocycles. The molecule has 1 unspecified atom stereocenters. The van der Waals surface area contributed by atoms with Gasteiger partial charge in [0.2, 0.25) is 0 Å². The van der Waals surface area contributed by atoms with E-state index >= 15 is 0 Å². The number of alkyl halides is 2. The molecule has 1 atom stereocenters.